The van der Waals surface area contributed by atoms with Crippen LogP contribution >= 0.6 is 0 Å². The van der Waals surface area contributed by atoms with Crippen molar-refractivity contribution >= 4 is 0 Å². The summed E-state index contributed by atoms with van der Waals surface area (Å²) in [6, 6.07) is 0.627. The summed E-state index contributed by atoms with van der Waals surface area (Å²) in [4.78, 5) is 2.61. The van der Waals surface area contributed by atoms with Crippen LogP contribution in [0.25, 0.3) is 0 Å². The average molecular weight is 184 g/mol. The summed E-state index contributed by atoms with van der Waals surface area (Å²) in [6.45, 7) is 12.7. The highest BCUT2D eigenvalue weighted by Crippen LogP contribution is 2.27. The summed E-state index contributed by atoms with van der Waals surface area (Å²) in [7, 11) is 0. The van der Waals surface area contributed by atoms with Crippen molar-refractivity contribution < 1.29 is 0 Å². The molecule has 0 aliphatic carbocycles. The lowest BCUT2D eigenvalue weighted by molar-refractivity contribution is 0.160. The molecule has 0 aromatic carbocycles. The highest BCUT2D eigenvalue weighted by atomic mass is 15.2. The van der Waals surface area contributed by atoms with E-state index in [2.05, 4.69) is 37.9 Å². The topological polar surface area (TPSA) is 15.3 Å². The molecule has 0 saturated carbocycles. The molecule has 13 heavy (non-hydrogen) atoms. The molecule has 0 amide bonds. The standard InChI is InChI=1S/C11H24N2/c1-5-12-10(2)9-13-8-6-7-11(13,3)4/h10,12H,5-9H2,1-4H3. The molecule has 2 heteroatoms. The van der Waals surface area contributed by atoms with Crippen LogP contribution in [0.4, 0.5) is 0 Å². The van der Waals surface area contributed by atoms with Gasteiger partial charge in [0.15, 0.2) is 0 Å². The van der Waals surface area contributed by atoms with Gasteiger partial charge in [-0.3, -0.25) is 4.90 Å². The molecule has 78 valence electrons. The molecule has 0 spiro atoms. The van der Waals surface area contributed by atoms with E-state index >= 15 is 0 Å². The fourth-order valence-electron chi connectivity index (χ4n) is 2.25. The van der Waals surface area contributed by atoms with E-state index < -0.39 is 0 Å². The number of nitrogens with zero attached hydrogens (tertiary/aromatic N) is 1. The van der Waals surface area contributed by atoms with E-state index in [9.17, 15) is 0 Å². The Hall–Kier alpha value is -0.0800. The van der Waals surface area contributed by atoms with Gasteiger partial charge in [-0.25, -0.2) is 0 Å². The molecule has 1 rings (SSSR count). The van der Waals surface area contributed by atoms with Gasteiger partial charge in [-0.1, -0.05) is 6.92 Å². The lowest BCUT2D eigenvalue weighted by atomic mass is 10.0. The molecule has 0 radical (unpaired) electrons. The van der Waals surface area contributed by atoms with Crippen LogP contribution in [0.2, 0.25) is 0 Å². The van der Waals surface area contributed by atoms with Gasteiger partial charge in [0, 0.05) is 18.1 Å². The highest BCUT2D eigenvalue weighted by Gasteiger charge is 2.31. The second-order valence-electron chi connectivity index (χ2n) is 4.82. The quantitative estimate of drug-likeness (QED) is 0.717. The molecule has 2 nitrogen and oxygen atoms in total. The van der Waals surface area contributed by atoms with Crippen LogP contribution in [-0.2, 0) is 0 Å². The molecular weight excluding hydrogens is 160 g/mol. The molecule has 1 unspecified atom stereocenters. The van der Waals surface area contributed by atoms with Crippen molar-refractivity contribution in [2.24, 2.45) is 0 Å². The average Bonchev–Trinajstić information content (AvgIpc) is 2.31. The molecule has 1 heterocycles. The van der Waals surface area contributed by atoms with Crippen LogP contribution < -0.4 is 5.32 Å². The Kier molecular flexibility index (Phi) is 3.74. The Labute approximate surface area is 82.7 Å². The molecule has 0 aromatic rings. The van der Waals surface area contributed by atoms with Gasteiger partial charge >= 0.3 is 0 Å². The predicted octanol–water partition coefficient (Wildman–Crippen LogP) is 1.86. The Morgan fingerprint density at radius 2 is 2.15 bits per heavy atom. The zero-order valence-corrected chi connectivity index (χ0v) is 9.56. The van der Waals surface area contributed by atoms with Crippen LogP contribution in [-0.4, -0.2) is 36.1 Å². The van der Waals surface area contributed by atoms with Gasteiger partial charge in [0.25, 0.3) is 0 Å². The molecule has 0 bridgehead atoms. The third kappa shape index (κ3) is 2.96. The smallest absolute Gasteiger partial charge is 0.0166 e. The summed E-state index contributed by atoms with van der Waals surface area (Å²) in [5.74, 6) is 0. The third-order valence-electron chi connectivity index (χ3n) is 3.12. The molecule has 0 aromatic heterocycles. The van der Waals surface area contributed by atoms with Crippen LogP contribution in [0, 0.1) is 0 Å². The fraction of sp³-hybridized carbons (Fsp3) is 1.00. The molecule has 1 saturated heterocycles. The maximum Gasteiger partial charge on any atom is 0.0166 e. The summed E-state index contributed by atoms with van der Waals surface area (Å²) >= 11 is 0. The number of likely N-dealkylation sites (tertiary alicyclic amines) is 1. The molecular formula is C11H24N2. The first-order valence-corrected chi connectivity index (χ1v) is 5.54. The Morgan fingerprint density at radius 1 is 1.46 bits per heavy atom. The van der Waals surface area contributed by atoms with Gasteiger partial charge in [-0.05, 0) is 46.7 Å². The lowest BCUT2D eigenvalue weighted by Gasteiger charge is -2.33. The van der Waals surface area contributed by atoms with Crippen molar-refractivity contribution in [3.63, 3.8) is 0 Å². The van der Waals surface area contributed by atoms with E-state index in [0.29, 0.717) is 11.6 Å². The molecule has 1 atom stereocenters. The maximum atomic E-state index is 3.47. The minimum atomic E-state index is 0.434. The first-order valence-electron chi connectivity index (χ1n) is 5.54. The van der Waals surface area contributed by atoms with Crippen molar-refractivity contribution in [3.05, 3.63) is 0 Å². The summed E-state index contributed by atoms with van der Waals surface area (Å²) in [5, 5.41) is 3.47. The first-order chi connectivity index (χ1) is 6.06. The monoisotopic (exact) mass is 184 g/mol. The van der Waals surface area contributed by atoms with Gasteiger partial charge in [0.1, 0.15) is 0 Å². The largest absolute Gasteiger partial charge is 0.313 e. The predicted molar refractivity (Wildman–Crippen MR) is 58.0 cm³/mol. The van der Waals surface area contributed by atoms with Crippen LogP contribution in [0.15, 0.2) is 0 Å². The van der Waals surface area contributed by atoms with Gasteiger partial charge < -0.3 is 5.32 Å². The van der Waals surface area contributed by atoms with Crippen molar-refractivity contribution in [1.29, 1.82) is 0 Å². The minimum Gasteiger partial charge on any atom is -0.313 e. The molecule has 1 aliphatic heterocycles. The summed E-state index contributed by atoms with van der Waals surface area (Å²) in [6.07, 6.45) is 2.72. The number of hydrogen-bond acceptors (Lipinski definition) is 2. The molecule has 1 aliphatic rings. The van der Waals surface area contributed by atoms with Crippen LogP contribution in [0.1, 0.15) is 40.5 Å². The Bertz CT molecular complexity index is 154. The minimum absolute atomic E-state index is 0.434. The Balaban J connectivity index is 2.35. The lowest BCUT2D eigenvalue weighted by Crippen LogP contribution is -2.45. The summed E-state index contributed by atoms with van der Waals surface area (Å²) < 4.78 is 0. The second-order valence-corrected chi connectivity index (χ2v) is 4.82. The van der Waals surface area contributed by atoms with Crippen molar-refractivity contribution in [3.8, 4) is 0 Å². The van der Waals surface area contributed by atoms with Crippen LogP contribution in [0.5, 0.6) is 0 Å². The van der Waals surface area contributed by atoms with Gasteiger partial charge in [-0.2, -0.15) is 0 Å². The normalized spacial score (nSPS) is 24.9. The number of nitrogens with one attached hydrogen (secondary N) is 1. The van der Waals surface area contributed by atoms with E-state index in [1.807, 2.05) is 0 Å². The van der Waals surface area contributed by atoms with Gasteiger partial charge in [-0.15, -0.1) is 0 Å². The van der Waals surface area contributed by atoms with E-state index in [1.165, 1.54) is 25.9 Å². The number of likely N-dealkylation sites (N-methyl/N-ethyl adjacent to an activating group) is 1. The SMILES string of the molecule is CCNC(C)CN1CCCC1(C)C. The zero-order chi connectivity index (χ0) is 9.90. The van der Waals surface area contributed by atoms with E-state index in [4.69, 9.17) is 0 Å². The molecule has 1 N–H and O–H groups in total. The fourth-order valence-corrected chi connectivity index (χ4v) is 2.25. The van der Waals surface area contributed by atoms with Crippen LogP contribution in [0.3, 0.4) is 0 Å². The number of rotatable bonds is 4. The third-order valence-corrected chi connectivity index (χ3v) is 3.12. The second kappa shape index (κ2) is 4.43. The first kappa shape index (κ1) is 11.0. The van der Waals surface area contributed by atoms with Crippen molar-refractivity contribution in [2.75, 3.05) is 19.6 Å². The molecule has 1 fully saturated rings. The van der Waals surface area contributed by atoms with E-state index in [-0.39, 0.29) is 0 Å². The maximum absolute atomic E-state index is 3.47. The van der Waals surface area contributed by atoms with E-state index in [0.717, 1.165) is 6.54 Å². The van der Waals surface area contributed by atoms with Gasteiger partial charge in [0.2, 0.25) is 0 Å². The van der Waals surface area contributed by atoms with Gasteiger partial charge in [0.05, 0.1) is 0 Å². The van der Waals surface area contributed by atoms with Crippen molar-refractivity contribution in [1.82, 2.24) is 10.2 Å². The number of hydrogen-bond donors (Lipinski definition) is 1. The van der Waals surface area contributed by atoms with E-state index in [1.54, 1.807) is 0 Å². The zero-order valence-electron chi connectivity index (χ0n) is 9.56. The summed E-state index contributed by atoms with van der Waals surface area (Å²) in [5.41, 5.74) is 0.434. The Morgan fingerprint density at radius 3 is 2.62 bits per heavy atom. The van der Waals surface area contributed by atoms with Crippen molar-refractivity contribution in [2.45, 2.75) is 52.1 Å². The highest BCUT2D eigenvalue weighted by molar-refractivity contribution is 4.89.